The second-order valence-electron chi connectivity index (χ2n) is 6.79. The monoisotopic (exact) mass is 424 g/mol. The first-order valence-corrected chi connectivity index (χ1v) is 9.40. The van der Waals surface area contributed by atoms with Crippen LogP contribution in [0.25, 0.3) is 5.57 Å². The van der Waals surface area contributed by atoms with Crippen LogP contribution in [0.1, 0.15) is 11.1 Å². The maximum Gasteiger partial charge on any atom is 0.282 e. The Balaban J connectivity index is 1.84. The van der Waals surface area contributed by atoms with E-state index in [2.05, 4.69) is 5.32 Å². The molecule has 0 saturated carbocycles. The van der Waals surface area contributed by atoms with Gasteiger partial charge >= 0.3 is 0 Å². The number of benzene rings is 3. The third kappa shape index (κ3) is 3.57. The van der Waals surface area contributed by atoms with Crippen molar-refractivity contribution in [3.05, 3.63) is 100 Å². The number of hydrogen-bond acceptors (Lipinski definition) is 3. The van der Waals surface area contributed by atoms with Crippen molar-refractivity contribution in [2.45, 2.75) is 6.92 Å². The standard InChI is InChI=1S/C23H15ClF2N2O2/c1-13-3-2-4-17(11-13)27-21-20(14-5-7-15(24)8-6-14)22(29)28(23(21)30)19-10-9-16(25)12-18(19)26/h2-12,27H,1H3. The zero-order chi connectivity index (χ0) is 21.4. The zero-order valence-corrected chi connectivity index (χ0v) is 16.5. The maximum absolute atomic E-state index is 14.4. The molecule has 1 aliphatic heterocycles. The molecule has 0 atom stereocenters. The van der Waals surface area contributed by atoms with Gasteiger partial charge in [-0.15, -0.1) is 0 Å². The molecule has 2 amide bonds. The molecule has 1 aliphatic rings. The van der Waals surface area contributed by atoms with Crippen LogP contribution in [-0.2, 0) is 9.59 Å². The van der Waals surface area contributed by atoms with E-state index in [0.717, 1.165) is 17.7 Å². The lowest BCUT2D eigenvalue weighted by Gasteiger charge is -2.16. The predicted octanol–water partition coefficient (Wildman–Crippen LogP) is 5.32. The van der Waals surface area contributed by atoms with Gasteiger partial charge in [0.05, 0.1) is 11.3 Å². The minimum Gasteiger partial charge on any atom is -0.350 e. The second kappa shape index (κ2) is 7.72. The Hall–Kier alpha value is -3.51. The smallest absolute Gasteiger partial charge is 0.282 e. The molecule has 0 bridgehead atoms. The van der Waals surface area contributed by atoms with Crippen molar-refractivity contribution in [1.82, 2.24) is 0 Å². The van der Waals surface area contributed by atoms with E-state index in [1.54, 1.807) is 36.4 Å². The third-order valence-corrected chi connectivity index (χ3v) is 4.91. The van der Waals surface area contributed by atoms with Crippen LogP contribution in [0.4, 0.5) is 20.2 Å². The van der Waals surface area contributed by atoms with E-state index in [1.807, 2.05) is 19.1 Å². The van der Waals surface area contributed by atoms with E-state index in [4.69, 9.17) is 11.6 Å². The molecule has 0 aliphatic carbocycles. The van der Waals surface area contributed by atoms with Gasteiger partial charge in [0.1, 0.15) is 17.3 Å². The summed E-state index contributed by atoms with van der Waals surface area (Å²) in [4.78, 5) is 27.1. The molecule has 4 nitrogen and oxygen atoms in total. The molecule has 0 radical (unpaired) electrons. The highest BCUT2D eigenvalue weighted by Gasteiger charge is 2.41. The van der Waals surface area contributed by atoms with E-state index in [0.29, 0.717) is 27.2 Å². The Kier molecular flexibility index (Phi) is 5.10. The number of anilines is 2. The van der Waals surface area contributed by atoms with Crippen LogP contribution < -0.4 is 10.2 Å². The van der Waals surface area contributed by atoms with Crippen molar-refractivity contribution in [2.75, 3.05) is 10.2 Å². The Morgan fingerprint density at radius 2 is 1.63 bits per heavy atom. The number of imide groups is 1. The number of halogens is 3. The van der Waals surface area contributed by atoms with Gasteiger partial charge in [0.2, 0.25) is 0 Å². The lowest BCUT2D eigenvalue weighted by atomic mass is 10.0. The molecule has 0 spiro atoms. The summed E-state index contributed by atoms with van der Waals surface area (Å²) in [5.41, 5.74) is 1.74. The number of carbonyl (C=O) groups excluding carboxylic acids is 2. The average molecular weight is 425 g/mol. The van der Waals surface area contributed by atoms with Crippen LogP contribution in [0.15, 0.2) is 72.4 Å². The predicted molar refractivity (Wildman–Crippen MR) is 112 cm³/mol. The summed E-state index contributed by atoms with van der Waals surface area (Å²) in [6, 6.07) is 16.3. The fourth-order valence-electron chi connectivity index (χ4n) is 3.28. The molecule has 0 aromatic heterocycles. The summed E-state index contributed by atoms with van der Waals surface area (Å²) < 4.78 is 27.7. The highest BCUT2D eigenvalue weighted by molar-refractivity contribution is 6.46. The molecule has 0 saturated heterocycles. The lowest BCUT2D eigenvalue weighted by molar-refractivity contribution is -0.120. The van der Waals surface area contributed by atoms with Crippen molar-refractivity contribution in [1.29, 1.82) is 0 Å². The number of aryl methyl sites for hydroxylation is 1. The van der Waals surface area contributed by atoms with Crippen LogP contribution in [0.2, 0.25) is 5.02 Å². The average Bonchev–Trinajstić information content (AvgIpc) is 2.93. The Bertz CT molecular complexity index is 1210. The van der Waals surface area contributed by atoms with E-state index in [-0.39, 0.29) is 17.0 Å². The number of nitrogens with zero attached hydrogens (tertiary/aromatic N) is 1. The van der Waals surface area contributed by atoms with Crippen molar-refractivity contribution < 1.29 is 18.4 Å². The van der Waals surface area contributed by atoms with Crippen LogP contribution in [0.3, 0.4) is 0 Å². The van der Waals surface area contributed by atoms with Crippen LogP contribution in [0, 0.1) is 18.6 Å². The largest absolute Gasteiger partial charge is 0.350 e. The number of rotatable bonds is 4. The minimum absolute atomic E-state index is 0.00310. The first-order valence-electron chi connectivity index (χ1n) is 9.03. The maximum atomic E-state index is 14.4. The lowest BCUT2D eigenvalue weighted by Crippen LogP contribution is -2.33. The summed E-state index contributed by atoms with van der Waals surface area (Å²) in [5.74, 6) is -3.27. The van der Waals surface area contributed by atoms with E-state index in [9.17, 15) is 18.4 Å². The topological polar surface area (TPSA) is 49.4 Å². The number of hydrogen-bond donors (Lipinski definition) is 1. The van der Waals surface area contributed by atoms with E-state index < -0.39 is 23.4 Å². The molecule has 1 heterocycles. The molecular formula is C23H15ClF2N2O2. The van der Waals surface area contributed by atoms with Crippen LogP contribution in [0.5, 0.6) is 0 Å². The van der Waals surface area contributed by atoms with Gasteiger partial charge in [-0.2, -0.15) is 0 Å². The summed E-state index contributed by atoms with van der Waals surface area (Å²) >= 11 is 5.95. The SMILES string of the molecule is Cc1cccc(NC2=C(c3ccc(Cl)cc3)C(=O)N(c3ccc(F)cc3F)C2=O)c1. The van der Waals surface area contributed by atoms with Crippen molar-refractivity contribution in [2.24, 2.45) is 0 Å². The van der Waals surface area contributed by atoms with Gasteiger partial charge in [-0.3, -0.25) is 9.59 Å². The Labute approximate surface area is 176 Å². The van der Waals surface area contributed by atoms with Crippen LogP contribution in [-0.4, -0.2) is 11.8 Å². The van der Waals surface area contributed by atoms with Crippen molar-refractivity contribution in [3.8, 4) is 0 Å². The van der Waals surface area contributed by atoms with Gasteiger partial charge < -0.3 is 5.32 Å². The van der Waals surface area contributed by atoms with Crippen molar-refractivity contribution in [3.63, 3.8) is 0 Å². The minimum atomic E-state index is -1.01. The first kappa shape index (κ1) is 19.8. The van der Waals surface area contributed by atoms with E-state index >= 15 is 0 Å². The summed E-state index contributed by atoms with van der Waals surface area (Å²) in [6.07, 6.45) is 0. The molecule has 3 aromatic carbocycles. The molecule has 0 unspecified atom stereocenters. The molecule has 30 heavy (non-hydrogen) atoms. The van der Waals surface area contributed by atoms with Crippen molar-refractivity contribution >= 4 is 40.4 Å². The summed E-state index contributed by atoms with van der Waals surface area (Å²) in [6.45, 7) is 1.89. The highest BCUT2D eigenvalue weighted by Crippen LogP contribution is 2.35. The summed E-state index contributed by atoms with van der Waals surface area (Å²) in [7, 11) is 0. The number of carbonyl (C=O) groups is 2. The normalized spacial score (nSPS) is 13.9. The van der Waals surface area contributed by atoms with Crippen LogP contribution >= 0.6 is 11.6 Å². The Morgan fingerprint density at radius 3 is 2.30 bits per heavy atom. The fourth-order valence-corrected chi connectivity index (χ4v) is 3.40. The summed E-state index contributed by atoms with van der Waals surface area (Å²) in [5, 5.41) is 3.46. The van der Waals surface area contributed by atoms with Gasteiger partial charge in [-0.25, -0.2) is 13.7 Å². The Morgan fingerprint density at radius 1 is 0.900 bits per heavy atom. The van der Waals surface area contributed by atoms with Gasteiger partial charge in [0, 0.05) is 16.8 Å². The molecule has 0 fully saturated rings. The molecule has 4 rings (SSSR count). The van der Waals surface area contributed by atoms with Gasteiger partial charge in [0.15, 0.2) is 0 Å². The molecular weight excluding hydrogens is 410 g/mol. The van der Waals surface area contributed by atoms with Gasteiger partial charge in [0.25, 0.3) is 11.8 Å². The quantitative estimate of drug-likeness (QED) is 0.576. The van der Waals surface area contributed by atoms with Gasteiger partial charge in [-0.1, -0.05) is 35.9 Å². The van der Waals surface area contributed by atoms with Gasteiger partial charge in [-0.05, 0) is 54.4 Å². The molecule has 7 heteroatoms. The second-order valence-corrected chi connectivity index (χ2v) is 7.23. The molecule has 150 valence electrons. The van der Waals surface area contributed by atoms with E-state index in [1.165, 1.54) is 0 Å². The highest BCUT2D eigenvalue weighted by atomic mass is 35.5. The number of amides is 2. The third-order valence-electron chi connectivity index (χ3n) is 4.65. The fraction of sp³-hybridized carbons (Fsp3) is 0.0435. The zero-order valence-electron chi connectivity index (χ0n) is 15.7. The molecule has 1 N–H and O–H groups in total. The molecule has 3 aromatic rings. The number of nitrogens with one attached hydrogen (secondary N) is 1. The first-order chi connectivity index (χ1) is 14.3.